The molecule has 0 aliphatic heterocycles. The van der Waals surface area contributed by atoms with Crippen LogP contribution in [0.25, 0.3) is 11.3 Å². The third-order valence-corrected chi connectivity index (χ3v) is 2.63. The van der Waals surface area contributed by atoms with E-state index in [9.17, 15) is 4.79 Å². The largest absolute Gasteiger partial charge is 0.477 e. The molecule has 0 spiro atoms. The van der Waals surface area contributed by atoms with Crippen molar-refractivity contribution in [1.29, 1.82) is 0 Å². The van der Waals surface area contributed by atoms with E-state index in [0.29, 0.717) is 0 Å². The van der Waals surface area contributed by atoms with Crippen LogP contribution < -0.4 is 0 Å². The second kappa shape index (κ2) is 3.52. The van der Waals surface area contributed by atoms with Crippen LogP contribution >= 0.6 is 0 Å². The molecule has 5 nitrogen and oxygen atoms in total. The molecule has 0 atom stereocenters. The molecule has 2 aromatic heterocycles. The maximum atomic E-state index is 10.9. The molecule has 0 bridgehead atoms. The Hall–Kier alpha value is -2.04. The molecule has 0 radical (unpaired) electrons. The van der Waals surface area contributed by atoms with Gasteiger partial charge in [-0.25, -0.2) is 4.79 Å². The molecule has 0 aliphatic carbocycles. The minimum atomic E-state index is -0.921. The van der Waals surface area contributed by atoms with Gasteiger partial charge in [-0.05, 0) is 19.1 Å². The number of carboxylic acids is 1. The molecule has 0 unspecified atom stereocenters. The lowest BCUT2D eigenvalue weighted by molar-refractivity contribution is 0.0687. The molecular formula is C11H13N3O2. The quantitative estimate of drug-likeness (QED) is 0.831. The second-order valence-electron chi connectivity index (χ2n) is 3.77. The van der Waals surface area contributed by atoms with E-state index in [4.69, 9.17) is 5.11 Å². The number of aromatic carboxylic acids is 1. The first kappa shape index (κ1) is 10.5. The molecule has 0 fully saturated rings. The predicted octanol–water partition coefficient (Wildman–Crippen LogP) is 1.43. The summed E-state index contributed by atoms with van der Waals surface area (Å²) in [5.74, 6) is -0.921. The average Bonchev–Trinajstić information content (AvgIpc) is 2.69. The summed E-state index contributed by atoms with van der Waals surface area (Å²) < 4.78 is 3.38. The SMILES string of the molecule is Cc1nn(C)cc1-c1ccc(C(=O)O)n1C. The van der Waals surface area contributed by atoms with Gasteiger partial charge in [-0.2, -0.15) is 5.10 Å². The van der Waals surface area contributed by atoms with Crippen LogP contribution in [0, 0.1) is 6.92 Å². The molecule has 0 aromatic carbocycles. The summed E-state index contributed by atoms with van der Waals surface area (Å²) in [7, 11) is 3.59. The van der Waals surface area contributed by atoms with Crippen molar-refractivity contribution < 1.29 is 9.90 Å². The minimum absolute atomic E-state index is 0.276. The van der Waals surface area contributed by atoms with Gasteiger partial charge in [-0.1, -0.05) is 0 Å². The summed E-state index contributed by atoms with van der Waals surface area (Å²) in [5.41, 5.74) is 2.99. The van der Waals surface area contributed by atoms with E-state index in [1.54, 1.807) is 28.4 Å². The molecule has 2 heterocycles. The first-order chi connectivity index (χ1) is 7.50. The molecule has 0 saturated carbocycles. The smallest absolute Gasteiger partial charge is 0.352 e. The Morgan fingerprint density at radius 1 is 1.38 bits per heavy atom. The van der Waals surface area contributed by atoms with Crippen molar-refractivity contribution in [2.45, 2.75) is 6.92 Å². The lowest BCUT2D eigenvalue weighted by Gasteiger charge is -2.03. The first-order valence-electron chi connectivity index (χ1n) is 4.90. The van der Waals surface area contributed by atoms with Crippen molar-refractivity contribution >= 4 is 5.97 Å². The Morgan fingerprint density at radius 3 is 2.50 bits per heavy atom. The van der Waals surface area contributed by atoms with Crippen molar-refractivity contribution in [3.05, 3.63) is 29.7 Å². The molecule has 5 heteroatoms. The fourth-order valence-electron chi connectivity index (χ4n) is 1.85. The van der Waals surface area contributed by atoms with Gasteiger partial charge < -0.3 is 9.67 Å². The summed E-state index contributed by atoms with van der Waals surface area (Å²) in [6.07, 6.45) is 1.89. The number of aromatic nitrogens is 3. The monoisotopic (exact) mass is 219 g/mol. The highest BCUT2D eigenvalue weighted by atomic mass is 16.4. The van der Waals surface area contributed by atoms with Gasteiger partial charge in [0.25, 0.3) is 0 Å². The van der Waals surface area contributed by atoms with Gasteiger partial charge in [0.05, 0.1) is 11.4 Å². The normalized spacial score (nSPS) is 10.7. The van der Waals surface area contributed by atoms with Crippen LogP contribution in [0.3, 0.4) is 0 Å². The zero-order valence-corrected chi connectivity index (χ0v) is 9.43. The Balaban J connectivity index is 2.57. The minimum Gasteiger partial charge on any atom is -0.477 e. The maximum Gasteiger partial charge on any atom is 0.352 e. The highest BCUT2D eigenvalue weighted by molar-refractivity contribution is 5.87. The number of rotatable bonds is 2. The molecule has 0 amide bonds. The van der Waals surface area contributed by atoms with Gasteiger partial charge in [0.2, 0.25) is 0 Å². The highest BCUT2D eigenvalue weighted by Gasteiger charge is 2.14. The third-order valence-electron chi connectivity index (χ3n) is 2.63. The lowest BCUT2D eigenvalue weighted by Crippen LogP contribution is -2.05. The van der Waals surface area contributed by atoms with Crippen molar-refractivity contribution in [3.8, 4) is 11.3 Å². The summed E-state index contributed by atoms with van der Waals surface area (Å²) in [6, 6.07) is 3.40. The van der Waals surface area contributed by atoms with Gasteiger partial charge in [-0.3, -0.25) is 4.68 Å². The standard InChI is InChI=1S/C11H13N3O2/c1-7-8(6-13(2)12-7)9-4-5-10(11(15)16)14(9)3/h4-6H,1-3H3,(H,15,16). The number of carbonyl (C=O) groups is 1. The topological polar surface area (TPSA) is 60.1 Å². The fraction of sp³-hybridized carbons (Fsp3) is 0.273. The van der Waals surface area contributed by atoms with E-state index >= 15 is 0 Å². The van der Waals surface area contributed by atoms with E-state index in [0.717, 1.165) is 17.0 Å². The first-order valence-corrected chi connectivity index (χ1v) is 4.90. The van der Waals surface area contributed by atoms with Crippen LogP contribution in [0.15, 0.2) is 18.3 Å². The van der Waals surface area contributed by atoms with E-state index in [1.165, 1.54) is 0 Å². The zero-order valence-electron chi connectivity index (χ0n) is 9.43. The van der Waals surface area contributed by atoms with E-state index in [-0.39, 0.29) is 5.69 Å². The number of carboxylic acid groups (broad SMARTS) is 1. The van der Waals surface area contributed by atoms with Crippen molar-refractivity contribution in [2.75, 3.05) is 0 Å². The van der Waals surface area contributed by atoms with Crippen molar-refractivity contribution in [3.63, 3.8) is 0 Å². The van der Waals surface area contributed by atoms with Gasteiger partial charge >= 0.3 is 5.97 Å². The fourth-order valence-corrected chi connectivity index (χ4v) is 1.85. The van der Waals surface area contributed by atoms with Gasteiger partial charge in [-0.15, -0.1) is 0 Å². The maximum absolute atomic E-state index is 10.9. The molecule has 16 heavy (non-hydrogen) atoms. The second-order valence-corrected chi connectivity index (χ2v) is 3.77. The van der Waals surface area contributed by atoms with Crippen LogP contribution in [-0.2, 0) is 14.1 Å². The predicted molar refractivity (Wildman–Crippen MR) is 59.3 cm³/mol. The molecule has 2 aromatic rings. The van der Waals surface area contributed by atoms with Crippen molar-refractivity contribution in [2.24, 2.45) is 14.1 Å². The van der Waals surface area contributed by atoms with E-state index < -0.39 is 5.97 Å². The Labute approximate surface area is 92.9 Å². The van der Waals surface area contributed by atoms with Gasteiger partial charge in [0.15, 0.2) is 0 Å². The van der Waals surface area contributed by atoms with E-state index in [2.05, 4.69) is 5.10 Å². The number of nitrogens with zero attached hydrogens (tertiary/aromatic N) is 3. The number of hydrogen-bond donors (Lipinski definition) is 1. The van der Waals surface area contributed by atoms with Gasteiger partial charge in [0.1, 0.15) is 5.69 Å². The summed E-state index contributed by atoms with van der Waals surface area (Å²) in [6.45, 7) is 1.91. The van der Waals surface area contributed by atoms with Crippen LogP contribution in [-0.4, -0.2) is 25.4 Å². The van der Waals surface area contributed by atoms with Crippen LogP contribution in [0.4, 0.5) is 0 Å². The van der Waals surface area contributed by atoms with E-state index in [1.807, 2.05) is 20.2 Å². The van der Waals surface area contributed by atoms with Gasteiger partial charge in [0, 0.05) is 25.9 Å². The van der Waals surface area contributed by atoms with Crippen LogP contribution in [0.5, 0.6) is 0 Å². The summed E-state index contributed by atoms with van der Waals surface area (Å²) >= 11 is 0. The van der Waals surface area contributed by atoms with Crippen molar-refractivity contribution in [1.82, 2.24) is 14.3 Å². The molecule has 2 rings (SSSR count). The highest BCUT2D eigenvalue weighted by Crippen LogP contribution is 2.23. The Kier molecular flexibility index (Phi) is 2.30. The Morgan fingerprint density at radius 2 is 2.06 bits per heavy atom. The van der Waals surface area contributed by atoms with Crippen LogP contribution in [0.2, 0.25) is 0 Å². The molecular weight excluding hydrogens is 206 g/mol. The molecule has 1 N–H and O–H groups in total. The average molecular weight is 219 g/mol. The van der Waals surface area contributed by atoms with Crippen LogP contribution in [0.1, 0.15) is 16.2 Å². The molecule has 0 aliphatic rings. The third kappa shape index (κ3) is 1.50. The summed E-state index contributed by atoms with van der Waals surface area (Å²) in [5, 5.41) is 13.2. The Bertz CT molecular complexity index is 552. The zero-order chi connectivity index (χ0) is 11.9. The molecule has 0 saturated heterocycles. The molecule has 84 valence electrons. The number of hydrogen-bond acceptors (Lipinski definition) is 2. The summed E-state index contributed by atoms with van der Waals surface area (Å²) in [4.78, 5) is 10.9. The lowest BCUT2D eigenvalue weighted by atomic mass is 10.2. The number of aryl methyl sites for hydroxylation is 2.